The topological polar surface area (TPSA) is 66.9 Å². The summed E-state index contributed by atoms with van der Waals surface area (Å²) in [6, 6.07) is 9.12. The SMILES string of the molecule is Cc1nccc(NC23CC([C@H](C)C(=O)Nc4ccc(Cl)cc4)(C2)C3)n1. The summed E-state index contributed by atoms with van der Waals surface area (Å²) in [6.45, 7) is 3.92. The highest BCUT2D eigenvalue weighted by Crippen LogP contribution is 2.71. The minimum Gasteiger partial charge on any atom is -0.364 e. The van der Waals surface area contributed by atoms with E-state index in [1.54, 1.807) is 18.3 Å². The number of aryl methyl sites for hydroxylation is 1. The maximum Gasteiger partial charge on any atom is 0.227 e. The van der Waals surface area contributed by atoms with E-state index in [1.807, 2.05) is 32.0 Å². The van der Waals surface area contributed by atoms with Crippen LogP contribution in [0.25, 0.3) is 0 Å². The van der Waals surface area contributed by atoms with Crippen molar-refractivity contribution in [2.45, 2.75) is 38.6 Å². The molecule has 5 rings (SSSR count). The molecule has 2 bridgehead atoms. The van der Waals surface area contributed by atoms with Crippen molar-refractivity contribution < 1.29 is 4.79 Å². The predicted octanol–water partition coefficient (Wildman–Crippen LogP) is 4.05. The number of carbonyl (C=O) groups is 1. The maximum absolute atomic E-state index is 12.6. The fraction of sp³-hybridized carbons (Fsp3) is 0.421. The van der Waals surface area contributed by atoms with Gasteiger partial charge in [-0.05, 0) is 61.9 Å². The molecule has 25 heavy (non-hydrogen) atoms. The maximum atomic E-state index is 12.6. The number of anilines is 2. The predicted molar refractivity (Wildman–Crippen MR) is 98.7 cm³/mol. The van der Waals surface area contributed by atoms with Crippen molar-refractivity contribution in [3.8, 4) is 0 Å². The third-order valence-corrected chi connectivity index (χ3v) is 5.92. The number of benzene rings is 1. The molecule has 3 saturated carbocycles. The quantitative estimate of drug-likeness (QED) is 0.848. The Morgan fingerprint density at radius 3 is 2.52 bits per heavy atom. The Morgan fingerprint density at radius 2 is 1.88 bits per heavy atom. The molecule has 130 valence electrons. The number of hydrogen-bond donors (Lipinski definition) is 2. The van der Waals surface area contributed by atoms with Crippen molar-refractivity contribution in [3.63, 3.8) is 0 Å². The summed E-state index contributed by atoms with van der Waals surface area (Å²) in [4.78, 5) is 21.1. The Morgan fingerprint density at radius 1 is 1.20 bits per heavy atom. The van der Waals surface area contributed by atoms with Crippen molar-refractivity contribution in [3.05, 3.63) is 47.4 Å². The Balaban J connectivity index is 1.35. The van der Waals surface area contributed by atoms with Gasteiger partial charge in [0.05, 0.1) is 0 Å². The van der Waals surface area contributed by atoms with E-state index >= 15 is 0 Å². The molecule has 1 aromatic carbocycles. The summed E-state index contributed by atoms with van der Waals surface area (Å²) in [5.74, 6) is 1.70. The molecule has 0 spiro atoms. The highest BCUT2D eigenvalue weighted by Gasteiger charge is 2.70. The van der Waals surface area contributed by atoms with E-state index in [1.165, 1.54) is 0 Å². The Hall–Kier alpha value is -2.14. The van der Waals surface area contributed by atoms with Gasteiger partial charge in [-0.2, -0.15) is 0 Å². The van der Waals surface area contributed by atoms with Gasteiger partial charge in [0.25, 0.3) is 0 Å². The Bertz CT molecular complexity index is 801. The first-order valence-corrected chi connectivity index (χ1v) is 8.92. The lowest BCUT2D eigenvalue weighted by molar-refractivity contribution is -0.166. The van der Waals surface area contributed by atoms with Crippen molar-refractivity contribution in [2.75, 3.05) is 10.6 Å². The second-order valence-electron chi connectivity index (χ2n) is 7.50. The summed E-state index contributed by atoms with van der Waals surface area (Å²) in [7, 11) is 0. The van der Waals surface area contributed by atoms with Gasteiger partial charge in [0.2, 0.25) is 5.91 Å². The number of halogens is 1. The Labute approximate surface area is 152 Å². The molecule has 0 aliphatic heterocycles. The second kappa shape index (κ2) is 5.70. The molecule has 3 aliphatic rings. The van der Waals surface area contributed by atoms with Crippen LogP contribution in [0.3, 0.4) is 0 Å². The Kier molecular flexibility index (Phi) is 3.72. The average Bonchev–Trinajstić information content (AvgIpc) is 2.51. The summed E-state index contributed by atoms with van der Waals surface area (Å²) < 4.78 is 0. The van der Waals surface area contributed by atoms with E-state index in [0.717, 1.165) is 36.6 Å². The van der Waals surface area contributed by atoms with E-state index < -0.39 is 0 Å². The normalized spacial score (nSPS) is 27.6. The van der Waals surface area contributed by atoms with Crippen LogP contribution in [0.4, 0.5) is 11.5 Å². The summed E-state index contributed by atoms with van der Waals surface area (Å²) >= 11 is 5.88. The van der Waals surface area contributed by atoms with Crippen LogP contribution in [0.1, 0.15) is 32.0 Å². The van der Waals surface area contributed by atoms with Crippen LogP contribution in [0.2, 0.25) is 5.02 Å². The van der Waals surface area contributed by atoms with Gasteiger partial charge >= 0.3 is 0 Å². The van der Waals surface area contributed by atoms with Gasteiger partial charge in [-0.15, -0.1) is 0 Å². The lowest BCUT2D eigenvalue weighted by atomic mass is 9.36. The zero-order valence-corrected chi connectivity index (χ0v) is 15.1. The van der Waals surface area contributed by atoms with E-state index in [-0.39, 0.29) is 22.8 Å². The van der Waals surface area contributed by atoms with Crippen LogP contribution < -0.4 is 10.6 Å². The van der Waals surface area contributed by atoms with E-state index in [0.29, 0.717) is 5.02 Å². The lowest BCUT2D eigenvalue weighted by Crippen LogP contribution is -2.74. The first kappa shape index (κ1) is 16.3. The minimum absolute atomic E-state index is 0.0148. The van der Waals surface area contributed by atoms with Crippen molar-refractivity contribution in [1.82, 2.24) is 9.97 Å². The number of amides is 1. The monoisotopic (exact) mass is 356 g/mol. The van der Waals surface area contributed by atoms with Crippen molar-refractivity contribution in [1.29, 1.82) is 0 Å². The van der Waals surface area contributed by atoms with Gasteiger partial charge in [-0.3, -0.25) is 4.79 Å². The average molecular weight is 357 g/mol. The first-order valence-electron chi connectivity index (χ1n) is 8.54. The lowest BCUT2D eigenvalue weighted by Gasteiger charge is -2.72. The number of rotatable bonds is 5. The van der Waals surface area contributed by atoms with Gasteiger partial charge in [-0.1, -0.05) is 18.5 Å². The molecule has 3 aliphatic carbocycles. The van der Waals surface area contributed by atoms with Crippen LogP contribution in [-0.2, 0) is 4.79 Å². The number of nitrogens with one attached hydrogen (secondary N) is 2. The van der Waals surface area contributed by atoms with Crippen LogP contribution in [0.15, 0.2) is 36.5 Å². The van der Waals surface area contributed by atoms with Crippen molar-refractivity contribution >= 4 is 29.0 Å². The zero-order valence-electron chi connectivity index (χ0n) is 14.3. The molecule has 0 saturated heterocycles. The molecule has 3 fully saturated rings. The van der Waals surface area contributed by atoms with Crippen molar-refractivity contribution in [2.24, 2.45) is 11.3 Å². The van der Waals surface area contributed by atoms with E-state index in [9.17, 15) is 4.79 Å². The van der Waals surface area contributed by atoms with Gasteiger partial charge in [0, 0.05) is 28.4 Å². The zero-order chi connectivity index (χ0) is 17.7. The third-order valence-electron chi connectivity index (χ3n) is 5.66. The summed E-state index contributed by atoms with van der Waals surface area (Å²) in [5, 5.41) is 7.20. The van der Waals surface area contributed by atoms with Crippen LogP contribution >= 0.6 is 11.6 Å². The van der Waals surface area contributed by atoms with Gasteiger partial charge in [-0.25, -0.2) is 9.97 Å². The molecular weight excluding hydrogens is 336 g/mol. The molecule has 1 atom stereocenters. The minimum atomic E-state index is -0.0148. The molecule has 2 aromatic rings. The highest BCUT2D eigenvalue weighted by molar-refractivity contribution is 6.30. The second-order valence-corrected chi connectivity index (χ2v) is 7.94. The first-order chi connectivity index (χ1) is 11.9. The molecule has 5 nitrogen and oxygen atoms in total. The molecule has 1 heterocycles. The third kappa shape index (κ3) is 2.86. The van der Waals surface area contributed by atoms with Crippen LogP contribution in [0.5, 0.6) is 0 Å². The molecular formula is C19H21ClN4O. The summed E-state index contributed by atoms with van der Waals surface area (Å²) in [6.07, 6.45) is 4.81. The fourth-order valence-electron chi connectivity index (χ4n) is 4.32. The number of aromatic nitrogens is 2. The van der Waals surface area contributed by atoms with Gasteiger partial charge in [0.1, 0.15) is 11.6 Å². The molecule has 2 N–H and O–H groups in total. The largest absolute Gasteiger partial charge is 0.364 e. The molecule has 0 unspecified atom stereocenters. The standard InChI is InChI=1S/C19H21ClN4O/c1-12(17(25)23-15-5-3-14(20)4-6-15)18-9-19(10-18,11-18)24-16-7-8-21-13(2)22-16/h3-8,12H,9-11H2,1-2H3,(H,23,25)(H,21,22,24)/t12-,18?,19?/m1/s1. The van der Waals surface area contributed by atoms with Crippen LogP contribution in [-0.4, -0.2) is 21.4 Å². The number of hydrogen-bond acceptors (Lipinski definition) is 4. The molecule has 6 heteroatoms. The molecule has 1 aromatic heterocycles. The smallest absolute Gasteiger partial charge is 0.227 e. The van der Waals surface area contributed by atoms with Crippen LogP contribution in [0, 0.1) is 18.3 Å². The van der Waals surface area contributed by atoms with E-state index in [2.05, 4.69) is 20.6 Å². The molecule has 0 radical (unpaired) electrons. The van der Waals surface area contributed by atoms with Gasteiger partial charge in [0.15, 0.2) is 0 Å². The molecule has 1 amide bonds. The number of carbonyl (C=O) groups excluding carboxylic acids is 1. The van der Waals surface area contributed by atoms with Gasteiger partial charge < -0.3 is 10.6 Å². The number of nitrogens with zero attached hydrogens (tertiary/aromatic N) is 2. The fourth-order valence-corrected chi connectivity index (χ4v) is 4.44. The van der Waals surface area contributed by atoms with E-state index in [4.69, 9.17) is 11.6 Å². The summed E-state index contributed by atoms with van der Waals surface area (Å²) in [5.41, 5.74) is 1.01. The highest BCUT2D eigenvalue weighted by atomic mass is 35.5.